The number of hydrogen-bond donors (Lipinski definition) is 1. The van der Waals surface area contributed by atoms with Gasteiger partial charge in [-0.3, -0.25) is 9.63 Å². The second-order valence-corrected chi connectivity index (χ2v) is 4.32. The van der Waals surface area contributed by atoms with Crippen LogP contribution in [0.15, 0.2) is 0 Å². The highest BCUT2D eigenvalue weighted by Gasteiger charge is 2.35. The second-order valence-electron chi connectivity index (χ2n) is 4.32. The fourth-order valence-corrected chi connectivity index (χ4v) is 1.58. The molecule has 1 heterocycles. The highest BCUT2D eigenvalue weighted by Crippen LogP contribution is 2.27. The molecule has 0 unspecified atom stereocenters. The fourth-order valence-electron chi connectivity index (χ4n) is 1.58. The standard InChI is InChI=1S/C9H18N2O2.ClH/c1-9(2)5-7(10-6-9)8(12)11(3)13-4;/h7,10H,5-6H2,1-4H3;1H/t7-;/m0./s1. The molecule has 0 radical (unpaired) electrons. The summed E-state index contributed by atoms with van der Waals surface area (Å²) in [5.41, 5.74) is 0.217. The largest absolute Gasteiger partial charge is 0.305 e. The van der Waals surface area contributed by atoms with Crippen LogP contribution in [-0.2, 0) is 9.63 Å². The number of likely N-dealkylation sites (N-methyl/N-ethyl adjacent to an activating group) is 1. The van der Waals surface area contributed by atoms with Gasteiger partial charge in [-0.05, 0) is 11.8 Å². The van der Waals surface area contributed by atoms with Gasteiger partial charge in [-0.1, -0.05) is 13.8 Å². The van der Waals surface area contributed by atoms with E-state index in [0.29, 0.717) is 0 Å². The van der Waals surface area contributed by atoms with Crippen LogP contribution in [0.3, 0.4) is 0 Å². The van der Waals surface area contributed by atoms with Crippen LogP contribution in [0.5, 0.6) is 0 Å². The number of hydroxylamine groups is 2. The van der Waals surface area contributed by atoms with E-state index >= 15 is 0 Å². The zero-order valence-electron chi connectivity index (χ0n) is 9.16. The first-order valence-corrected chi connectivity index (χ1v) is 4.51. The lowest BCUT2D eigenvalue weighted by Gasteiger charge is -2.19. The maximum atomic E-state index is 11.6. The second kappa shape index (κ2) is 4.96. The molecular formula is C9H19ClN2O2. The summed E-state index contributed by atoms with van der Waals surface area (Å²) < 4.78 is 0. The van der Waals surface area contributed by atoms with Crippen molar-refractivity contribution in [2.45, 2.75) is 26.3 Å². The van der Waals surface area contributed by atoms with Crippen LogP contribution in [0.4, 0.5) is 0 Å². The predicted molar refractivity (Wildman–Crippen MR) is 57.2 cm³/mol. The van der Waals surface area contributed by atoms with Crippen molar-refractivity contribution in [3.8, 4) is 0 Å². The van der Waals surface area contributed by atoms with Crippen LogP contribution in [0.25, 0.3) is 0 Å². The molecule has 1 aliphatic heterocycles. The van der Waals surface area contributed by atoms with Crippen molar-refractivity contribution in [2.24, 2.45) is 5.41 Å². The summed E-state index contributed by atoms with van der Waals surface area (Å²) in [5, 5.41) is 4.47. The van der Waals surface area contributed by atoms with E-state index in [1.165, 1.54) is 12.2 Å². The molecule has 0 spiro atoms. The molecule has 1 aliphatic rings. The van der Waals surface area contributed by atoms with E-state index in [4.69, 9.17) is 4.84 Å². The molecule has 1 atom stereocenters. The zero-order chi connectivity index (χ0) is 10.1. The molecule has 0 bridgehead atoms. The summed E-state index contributed by atoms with van der Waals surface area (Å²) in [6, 6.07) is -0.0834. The lowest BCUT2D eigenvalue weighted by molar-refractivity contribution is -0.170. The first-order valence-electron chi connectivity index (χ1n) is 4.51. The summed E-state index contributed by atoms with van der Waals surface area (Å²) in [7, 11) is 3.13. The fraction of sp³-hybridized carbons (Fsp3) is 0.889. The number of halogens is 1. The SMILES string of the molecule is CON(C)C(=O)[C@@H]1CC(C)(C)CN1.Cl. The molecule has 14 heavy (non-hydrogen) atoms. The van der Waals surface area contributed by atoms with Crippen molar-refractivity contribution in [2.75, 3.05) is 20.7 Å². The van der Waals surface area contributed by atoms with Crippen molar-refractivity contribution in [1.82, 2.24) is 10.4 Å². The molecule has 1 fully saturated rings. The normalized spacial score (nSPS) is 24.1. The lowest BCUT2D eigenvalue weighted by Crippen LogP contribution is -2.40. The van der Waals surface area contributed by atoms with E-state index in [-0.39, 0.29) is 29.8 Å². The summed E-state index contributed by atoms with van der Waals surface area (Å²) in [5.74, 6) is 0.00748. The highest BCUT2D eigenvalue weighted by atomic mass is 35.5. The molecular weight excluding hydrogens is 204 g/mol. The molecule has 0 aromatic rings. The topological polar surface area (TPSA) is 41.6 Å². The van der Waals surface area contributed by atoms with Crippen molar-refractivity contribution in [3.63, 3.8) is 0 Å². The predicted octanol–water partition coefficient (Wildman–Crippen LogP) is 0.816. The van der Waals surface area contributed by atoms with E-state index in [0.717, 1.165) is 13.0 Å². The number of carbonyl (C=O) groups excluding carboxylic acids is 1. The molecule has 0 aromatic carbocycles. The minimum Gasteiger partial charge on any atom is -0.305 e. The van der Waals surface area contributed by atoms with Gasteiger partial charge in [0.25, 0.3) is 5.91 Å². The number of nitrogens with zero attached hydrogens (tertiary/aromatic N) is 1. The molecule has 1 saturated heterocycles. The van der Waals surface area contributed by atoms with Crippen molar-refractivity contribution in [1.29, 1.82) is 0 Å². The number of nitrogens with one attached hydrogen (secondary N) is 1. The summed E-state index contributed by atoms with van der Waals surface area (Å²) >= 11 is 0. The average molecular weight is 223 g/mol. The number of hydrogen-bond acceptors (Lipinski definition) is 3. The third-order valence-electron chi connectivity index (χ3n) is 2.47. The Hall–Kier alpha value is -0.320. The Bertz CT molecular complexity index is 209. The maximum absolute atomic E-state index is 11.6. The third-order valence-corrected chi connectivity index (χ3v) is 2.47. The van der Waals surface area contributed by atoms with Crippen LogP contribution in [0.2, 0.25) is 0 Å². The Morgan fingerprint density at radius 2 is 2.14 bits per heavy atom. The van der Waals surface area contributed by atoms with Crippen molar-refractivity contribution < 1.29 is 9.63 Å². The van der Waals surface area contributed by atoms with Gasteiger partial charge in [0.15, 0.2) is 0 Å². The highest BCUT2D eigenvalue weighted by molar-refractivity contribution is 5.85. The van der Waals surface area contributed by atoms with Gasteiger partial charge < -0.3 is 5.32 Å². The van der Waals surface area contributed by atoms with Crippen LogP contribution < -0.4 is 5.32 Å². The van der Waals surface area contributed by atoms with Crippen molar-refractivity contribution in [3.05, 3.63) is 0 Å². The Morgan fingerprint density at radius 3 is 2.50 bits per heavy atom. The van der Waals surface area contributed by atoms with Crippen LogP contribution in [0.1, 0.15) is 20.3 Å². The van der Waals surface area contributed by atoms with E-state index in [2.05, 4.69) is 19.2 Å². The quantitative estimate of drug-likeness (QED) is 0.704. The van der Waals surface area contributed by atoms with Gasteiger partial charge in [0, 0.05) is 13.6 Å². The first-order chi connectivity index (χ1) is 5.96. The molecule has 5 heteroatoms. The zero-order valence-corrected chi connectivity index (χ0v) is 9.98. The van der Waals surface area contributed by atoms with E-state index in [9.17, 15) is 4.79 Å². The molecule has 1 rings (SSSR count). The average Bonchev–Trinajstić information content (AvgIpc) is 2.43. The van der Waals surface area contributed by atoms with Gasteiger partial charge in [-0.25, -0.2) is 5.06 Å². The molecule has 4 nitrogen and oxygen atoms in total. The van der Waals surface area contributed by atoms with Gasteiger partial charge in [-0.2, -0.15) is 0 Å². The Kier molecular flexibility index (Phi) is 4.84. The van der Waals surface area contributed by atoms with Crippen LogP contribution >= 0.6 is 12.4 Å². The number of carbonyl (C=O) groups is 1. The van der Waals surface area contributed by atoms with Gasteiger partial charge in [0.05, 0.1) is 13.2 Å². The summed E-state index contributed by atoms with van der Waals surface area (Å²) in [6.45, 7) is 5.20. The van der Waals surface area contributed by atoms with Gasteiger partial charge in [0.1, 0.15) is 0 Å². The Balaban J connectivity index is 0.00000169. The minimum atomic E-state index is -0.0834. The molecule has 1 amide bonds. The Morgan fingerprint density at radius 1 is 1.57 bits per heavy atom. The molecule has 1 N–H and O–H groups in total. The monoisotopic (exact) mass is 222 g/mol. The van der Waals surface area contributed by atoms with E-state index in [1.807, 2.05) is 0 Å². The smallest absolute Gasteiger partial charge is 0.262 e. The van der Waals surface area contributed by atoms with Gasteiger partial charge >= 0.3 is 0 Å². The van der Waals surface area contributed by atoms with Crippen molar-refractivity contribution >= 4 is 18.3 Å². The number of rotatable bonds is 2. The van der Waals surface area contributed by atoms with Gasteiger partial charge in [0.2, 0.25) is 0 Å². The summed E-state index contributed by atoms with van der Waals surface area (Å²) in [4.78, 5) is 16.4. The molecule has 0 saturated carbocycles. The third kappa shape index (κ3) is 3.12. The first kappa shape index (κ1) is 13.7. The van der Waals surface area contributed by atoms with Gasteiger partial charge in [-0.15, -0.1) is 12.4 Å². The molecule has 0 aliphatic carbocycles. The van der Waals surface area contributed by atoms with E-state index < -0.39 is 0 Å². The minimum absolute atomic E-state index is 0. The van der Waals surface area contributed by atoms with Crippen LogP contribution in [0, 0.1) is 5.41 Å². The Labute approximate surface area is 91.3 Å². The van der Waals surface area contributed by atoms with E-state index in [1.54, 1.807) is 7.05 Å². The lowest BCUT2D eigenvalue weighted by atomic mass is 9.90. The summed E-state index contributed by atoms with van der Waals surface area (Å²) in [6.07, 6.45) is 0.875. The van der Waals surface area contributed by atoms with Crippen LogP contribution in [-0.4, -0.2) is 37.7 Å². The molecule has 84 valence electrons. The number of amides is 1. The molecule has 0 aromatic heterocycles. The maximum Gasteiger partial charge on any atom is 0.262 e.